The van der Waals surface area contributed by atoms with Gasteiger partial charge in [-0.3, -0.25) is 14.3 Å². The van der Waals surface area contributed by atoms with Crippen molar-refractivity contribution in [2.75, 3.05) is 31.3 Å². The van der Waals surface area contributed by atoms with Crippen molar-refractivity contribution in [3.63, 3.8) is 0 Å². The van der Waals surface area contributed by atoms with Crippen molar-refractivity contribution in [2.24, 2.45) is 5.41 Å². The topological polar surface area (TPSA) is 102 Å². The van der Waals surface area contributed by atoms with Crippen molar-refractivity contribution in [1.29, 1.82) is 0 Å². The Balaban J connectivity index is 2.26. The van der Waals surface area contributed by atoms with E-state index in [1.165, 1.54) is 4.57 Å². The maximum atomic E-state index is 11.8. The third-order valence-electron chi connectivity index (χ3n) is 3.55. The second-order valence-electron chi connectivity index (χ2n) is 5.33. The summed E-state index contributed by atoms with van der Waals surface area (Å²) >= 11 is 0. The van der Waals surface area contributed by atoms with Crippen molar-refractivity contribution in [2.45, 2.75) is 26.3 Å². The van der Waals surface area contributed by atoms with E-state index in [1.807, 2.05) is 0 Å². The van der Waals surface area contributed by atoms with Crippen molar-refractivity contribution in [1.82, 2.24) is 9.55 Å². The maximum absolute atomic E-state index is 11.8. The van der Waals surface area contributed by atoms with Gasteiger partial charge in [-0.1, -0.05) is 6.92 Å². The lowest BCUT2D eigenvalue weighted by Crippen LogP contribution is -2.35. The van der Waals surface area contributed by atoms with Crippen LogP contribution in [-0.4, -0.2) is 29.8 Å². The molecule has 2 rings (SSSR count). The Labute approximate surface area is 110 Å². The van der Waals surface area contributed by atoms with E-state index in [-0.39, 0.29) is 16.9 Å². The van der Waals surface area contributed by atoms with Gasteiger partial charge in [-0.25, -0.2) is 4.79 Å². The molecular weight excluding hydrogens is 248 g/mol. The van der Waals surface area contributed by atoms with Gasteiger partial charge >= 0.3 is 5.69 Å². The van der Waals surface area contributed by atoms with Crippen LogP contribution in [0.1, 0.15) is 19.8 Å². The number of nitrogens with one attached hydrogen (secondary N) is 2. The molecule has 1 fully saturated rings. The quantitative estimate of drug-likeness (QED) is 0.673. The predicted molar refractivity (Wildman–Crippen MR) is 73.4 cm³/mol. The summed E-state index contributed by atoms with van der Waals surface area (Å²) in [5.41, 5.74) is 5.43. The van der Waals surface area contributed by atoms with Gasteiger partial charge in [-0.05, 0) is 18.3 Å². The standard InChI is InChI=1S/C12H20N4O3/c1-12(3-4-12)7-14-8-9(13)16(5-6-19-2)11(18)15-10(8)17/h14H,3-7,13H2,1-2H3,(H,15,17,18). The summed E-state index contributed by atoms with van der Waals surface area (Å²) in [4.78, 5) is 25.7. The van der Waals surface area contributed by atoms with E-state index >= 15 is 0 Å². The molecule has 0 unspecified atom stereocenters. The van der Waals surface area contributed by atoms with Crippen LogP contribution in [0, 0.1) is 5.41 Å². The number of anilines is 2. The number of aromatic amines is 1. The van der Waals surface area contributed by atoms with Crippen LogP contribution in [0.15, 0.2) is 9.59 Å². The number of methoxy groups -OCH3 is 1. The summed E-state index contributed by atoms with van der Waals surface area (Å²) < 4.78 is 6.23. The van der Waals surface area contributed by atoms with Gasteiger partial charge < -0.3 is 15.8 Å². The first-order valence-corrected chi connectivity index (χ1v) is 6.32. The maximum Gasteiger partial charge on any atom is 0.330 e. The van der Waals surface area contributed by atoms with E-state index in [4.69, 9.17) is 10.5 Å². The smallest absolute Gasteiger partial charge is 0.330 e. The summed E-state index contributed by atoms with van der Waals surface area (Å²) in [6.45, 7) is 3.49. The lowest BCUT2D eigenvalue weighted by atomic mass is 10.1. The largest absolute Gasteiger partial charge is 0.383 e. The molecule has 0 radical (unpaired) electrons. The zero-order valence-corrected chi connectivity index (χ0v) is 11.3. The average Bonchev–Trinajstić information content (AvgIpc) is 3.07. The molecule has 1 aliphatic rings. The van der Waals surface area contributed by atoms with Crippen molar-refractivity contribution < 1.29 is 4.74 Å². The highest BCUT2D eigenvalue weighted by Gasteiger charge is 2.37. The molecule has 19 heavy (non-hydrogen) atoms. The molecule has 0 spiro atoms. The molecule has 4 N–H and O–H groups in total. The minimum atomic E-state index is -0.511. The fourth-order valence-corrected chi connectivity index (χ4v) is 1.86. The zero-order valence-electron chi connectivity index (χ0n) is 11.3. The summed E-state index contributed by atoms with van der Waals surface area (Å²) in [7, 11) is 1.54. The molecule has 1 aromatic rings. The Morgan fingerprint density at radius 1 is 1.47 bits per heavy atom. The van der Waals surface area contributed by atoms with Crippen LogP contribution < -0.4 is 22.3 Å². The number of rotatable bonds is 6. The molecule has 0 aromatic carbocycles. The van der Waals surface area contributed by atoms with Crippen LogP contribution in [0.3, 0.4) is 0 Å². The molecule has 1 aliphatic carbocycles. The third kappa shape index (κ3) is 2.98. The molecule has 1 saturated carbocycles. The van der Waals surface area contributed by atoms with Crippen molar-refractivity contribution in [3.05, 3.63) is 20.8 Å². The van der Waals surface area contributed by atoms with Crippen LogP contribution in [0.4, 0.5) is 11.5 Å². The molecule has 7 heteroatoms. The van der Waals surface area contributed by atoms with Gasteiger partial charge in [-0.15, -0.1) is 0 Å². The average molecular weight is 268 g/mol. The van der Waals surface area contributed by atoms with Crippen molar-refractivity contribution >= 4 is 11.5 Å². The molecule has 7 nitrogen and oxygen atoms in total. The number of nitrogen functional groups attached to an aromatic ring is 1. The van der Waals surface area contributed by atoms with Crippen molar-refractivity contribution in [3.8, 4) is 0 Å². The monoisotopic (exact) mass is 268 g/mol. The molecule has 1 heterocycles. The first kappa shape index (κ1) is 13.7. The third-order valence-corrected chi connectivity index (χ3v) is 3.55. The van der Waals surface area contributed by atoms with Gasteiger partial charge in [-0.2, -0.15) is 0 Å². The zero-order chi connectivity index (χ0) is 14.0. The first-order valence-electron chi connectivity index (χ1n) is 6.32. The van der Waals surface area contributed by atoms with E-state index in [2.05, 4.69) is 17.2 Å². The fourth-order valence-electron chi connectivity index (χ4n) is 1.86. The number of H-pyrrole nitrogens is 1. The van der Waals surface area contributed by atoms with Gasteiger partial charge in [0.15, 0.2) is 0 Å². The number of ether oxygens (including phenoxy) is 1. The van der Waals surface area contributed by atoms with Crippen LogP contribution in [0.25, 0.3) is 0 Å². The van der Waals surface area contributed by atoms with Gasteiger partial charge in [0, 0.05) is 13.7 Å². The highest BCUT2D eigenvalue weighted by molar-refractivity contribution is 5.60. The Bertz CT molecular complexity index is 571. The van der Waals surface area contributed by atoms with Gasteiger partial charge in [0.05, 0.1) is 13.2 Å². The van der Waals surface area contributed by atoms with Crippen LogP contribution >= 0.6 is 0 Å². The molecular formula is C12H20N4O3. The number of hydrogen-bond acceptors (Lipinski definition) is 5. The summed E-state index contributed by atoms with van der Waals surface area (Å²) in [6, 6.07) is 0. The van der Waals surface area contributed by atoms with Crippen LogP contribution in [0.5, 0.6) is 0 Å². The minimum Gasteiger partial charge on any atom is -0.383 e. The number of aromatic nitrogens is 2. The Morgan fingerprint density at radius 2 is 2.16 bits per heavy atom. The highest BCUT2D eigenvalue weighted by Crippen LogP contribution is 2.44. The molecule has 0 atom stereocenters. The Kier molecular flexibility index (Phi) is 3.66. The van der Waals surface area contributed by atoms with E-state index in [1.54, 1.807) is 7.11 Å². The number of nitrogens with two attached hydrogens (primary N) is 1. The number of nitrogens with zero attached hydrogens (tertiary/aromatic N) is 1. The molecule has 0 bridgehead atoms. The molecule has 0 saturated heterocycles. The van der Waals surface area contributed by atoms with Gasteiger partial charge in [0.2, 0.25) is 0 Å². The van der Waals surface area contributed by atoms with E-state index < -0.39 is 11.2 Å². The van der Waals surface area contributed by atoms with E-state index in [9.17, 15) is 9.59 Å². The predicted octanol–water partition coefficient (Wildman–Crippen LogP) is -0.0228. The number of hydrogen-bond donors (Lipinski definition) is 3. The fraction of sp³-hybridized carbons (Fsp3) is 0.667. The molecule has 0 aliphatic heterocycles. The first-order chi connectivity index (χ1) is 8.97. The lowest BCUT2D eigenvalue weighted by Gasteiger charge is -2.15. The second-order valence-corrected chi connectivity index (χ2v) is 5.33. The normalized spacial score (nSPS) is 16.3. The Hall–Kier alpha value is -1.76. The second kappa shape index (κ2) is 5.08. The van der Waals surface area contributed by atoms with Crippen LogP contribution in [-0.2, 0) is 11.3 Å². The molecule has 0 amide bonds. The van der Waals surface area contributed by atoms with E-state index in [0.29, 0.717) is 19.7 Å². The van der Waals surface area contributed by atoms with Crippen LogP contribution in [0.2, 0.25) is 0 Å². The summed E-state index contributed by atoms with van der Waals surface area (Å²) in [5.74, 6) is 0.162. The summed E-state index contributed by atoms with van der Waals surface area (Å²) in [6.07, 6.45) is 2.28. The molecule has 106 valence electrons. The molecule has 1 aromatic heterocycles. The van der Waals surface area contributed by atoms with Gasteiger partial charge in [0.25, 0.3) is 5.56 Å². The van der Waals surface area contributed by atoms with E-state index in [0.717, 1.165) is 12.8 Å². The highest BCUT2D eigenvalue weighted by atomic mass is 16.5. The van der Waals surface area contributed by atoms with Gasteiger partial charge in [0.1, 0.15) is 11.5 Å². The minimum absolute atomic E-state index is 0.162. The Morgan fingerprint density at radius 3 is 2.74 bits per heavy atom. The summed E-state index contributed by atoms with van der Waals surface area (Å²) in [5, 5.41) is 3.06. The lowest BCUT2D eigenvalue weighted by molar-refractivity contribution is 0.186. The SMILES string of the molecule is COCCn1c(N)c(NCC2(C)CC2)c(=O)[nH]c1=O.